The molecule has 0 radical (unpaired) electrons. The summed E-state index contributed by atoms with van der Waals surface area (Å²) in [4.78, 5) is 1.14. The second kappa shape index (κ2) is 6.16. The second-order valence-electron chi connectivity index (χ2n) is 5.37. The van der Waals surface area contributed by atoms with Gasteiger partial charge in [-0.25, -0.2) is 8.78 Å². The van der Waals surface area contributed by atoms with Crippen LogP contribution in [-0.2, 0) is 12.8 Å². The normalized spacial score (nSPS) is 15.0. The van der Waals surface area contributed by atoms with E-state index in [2.05, 4.69) is 18.2 Å². The van der Waals surface area contributed by atoms with Crippen molar-refractivity contribution in [3.8, 4) is 0 Å². The Bertz CT molecular complexity index is 657. The molecule has 0 aliphatic heterocycles. The summed E-state index contributed by atoms with van der Waals surface area (Å²) in [6.07, 6.45) is 3.51. The van der Waals surface area contributed by atoms with E-state index < -0.39 is 17.7 Å². The van der Waals surface area contributed by atoms with Gasteiger partial charge in [-0.05, 0) is 60.7 Å². The van der Waals surface area contributed by atoms with Gasteiger partial charge in [0.1, 0.15) is 11.6 Å². The number of nitrogens with two attached hydrogens (primary N) is 1. The van der Waals surface area contributed by atoms with Gasteiger partial charge < -0.3 is 5.73 Å². The van der Waals surface area contributed by atoms with E-state index in [1.165, 1.54) is 23.6 Å². The summed E-state index contributed by atoms with van der Waals surface area (Å²) in [7, 11) is 0. The maximum absolute atomic E-state index is 13.7. The molecule has 1 aliphatic rings. The number of halogens is 2. The number of fused-ring (bicyclic) bond motifs is 1. The Kier molecular flexibility index (Phi) is 4.27. The van der Waals surface area contributed by atoms with E-state index in [4.69, 9.17) is 5.73 Å². The van der Waals surface area contributed by atoms with Crippen molar-refractivity contribution in [2.75, 3.05) is 5.75 Å². The largest absolute Gasteiger partial charge is 0.323 e. The molecule has 21 heavy (non-hydrogen) atoms. The minimum Gasteiger partial charge on any atom is -0.323 e. The SMILES string of the molecule is NC(CSc1ccc2c(c1)CCC2)c1cc(F)ccc1F. The molecule has 2 aromatic rings. The van der Waals surface area contributed by atoms with Gasteiger partial charge in [-0.1, -0.05) is 6.07 Å². The first-order valence-corrected chi connectivity index (χ1v) is 8.07. The molecular weight excluding hydrogens is 288 g/mol. The first kappa shape index (κ1) is 14.5. The zero-order valence-electron chi connectivity index (χ0n) is 11.6. The highest BCUT2D eigenvalue weighted by Gasteiger charge is 2.14. The summed E-state index contributed by atoms with van der Waals surface area (Å²) < 4.78 is 26.9. The maximum atomic E-state index is 13.7. The van der Waals surface area contributed by atoms with E-state index in [0.29, 0.717) is 5.75 Å². The summed E-state index contributed by atoms with van der Waals surface area (Å²) >= 11 is 1.59. The van der Waals surface area contributed by atoms with E-state index in [1.807, 2.05) is 0 Å². The molecule has 1 nitrogen and oxygen atoms in total. The van der Waals surface area contributed by atoms with Gasteiger partial charge in [0.25, 0.3) is 0 Å². The van der Waals surface area contributed by atoms with Crippen LogP contribution >= 0.6 is 11.8 Å². The highest BCUT2D eigenvalue weighted by molar-refractivity contribution is 7.99. The van der Waals surface area contributed by atoms with Crippen molar-refractivity contribution in [1.29, 1.82) is 0 Å². The third-order valence-corrected chi connectivity index (χ3v) is 4.97. The lowest BCUT2D eigenvalue weighted by molar-refractivity contribution is 0.573. The Labute approximate surface area is 127 Å². The molecule has 4 heteroatoms. The van der Waals surface area contributed by atoms with Gasteiger partial charge in [-0.15, -0.1) is 11.8 Å². The summed E-state index contributed by atoms with van der Waals surface area (Å²) in [5, 5.41) is 0. The van der Waals surface area contributed by atoms with Crippen LogP contribution in [0.2, 0.25) is 0 Å². The minimum atomic E-state index is -0.515. The summed E-state index contributed by atoms with van der Waals surface area (Å²) in [6, 6.07) is 9.36. The third-order valence-electron chi connectivity index (χ3n) is 3.86. The van der Waals surface area contributed by atoms with Crippen molar-refractivity contribution in [2.24, 2.45) is 5.73 Å². The smallest absolute Gasteiger partial charge is 0.128 e. The number of benzene rings is 2. The predicted octanol–water partition coefficient (Wildman–Crippen LogP) is 4.25. The lowest BCUT2D eigenvalue weighted by Crippen LogP contribution is -2.15. The van der Waals surface area contributed by atoms with Crippen molar-refractivity contribution in [3.05, 3.63) is 64.7 Å². The molecule has 3 rings (SSSR count). The Morgan fingerprint density at radius 2 is 1.86 bits per heavy atom. The molecule has 0 spiro atoms. The van der Waals surface area contributed by atoms with Crippen LogP contribution in [0.3, 0.4) is 0 Å². The van der Waals surface area contributed by atoms with Crippen molar-refractivity contribution in [1.82, 2.24) is 0 Å². The Hall–Kier alpha value is -1.39. The fraction of sp³-hybridized carbons (Fsp3) is 0.294. The van der Waals surface area contributed by atoms with Crippen LogP contribution in [-0.4, -0.2) is 5.75 Å². The molecule has 1 atom stereocenters. The molecule has 2 N–H and O–H groups in total. The van der Waals surface area contributed by atoms with E-state index in [0.717, 1.165) is 29.9 Å². The Morgan fingerprint density at radius 1 is 1.05 bits per heavy atom. The molecule has 1 unspecified atom stereocenters. The molecule has 0 amide bonds. The van der Waals surface area contributed by atoms with Crippen LogP contribution in [0.15, 0.2) is 41.3 Å². The van der Waals surface area contributed by atoms with Crippen molar-refractivity contribution in [2.45, 2.75) is 30.2 Å². The lowest BCUT2D eigenvalue weighted by atomic mass is 10.1. The molecule has 0 saturated heterocycles. The van der Waals surface area contributed by atoms with Crippen LogP contribution in [0.4, 0.5) is 8.78 Å². The van der Waals surface area contributed by atoms with E-state index in [1.54, 1.807) is 11.8 Å². The molecule has 110 valence electrons. The van der Waals surface area contributed by atoms with Gasteiger partial charge in [0.05, 0.1) is 0 Å². The number of hydrogen-bond acceptors (Lipinski definition) is 2. The maximum Gasteiger partial charge on any atom is 0.128 e. The molecular formula is C17H17F2NS. The summed E-state index contributed by atoms with van der Waals surface area (Å²) in [5.74, 6) is -0.373. The fourth-order valence-electron chi connectivity index (χ4n) is 2.71. The van der Waals surface area contributed by atoms with Crippen LogP contribution in [0, 0.1) is 11.6 Å². The first-order valence-electron chi connectivity index (χ1n) is 7.08. The van der Waals surface area contributed by atoms with Gasteiger partial charge in [-0.2, -0.15) is 0 Å². The molecule has 2 aromatic carbocycles. The third kappa shape index (κ3) is 3.27. The average molecular weight is 305 g/mol. The molecule has 0 heterocycles. The topological polar surface area (TPSA) is 26.0 Å². The minimum absolute atomic E-state index is 0.240. The zero-order valence-corrected chi connectivity index (χ0v) is 12.4. The monoisotopic (exact) mass is 305 g/mol. The van der Waals surface area contributed by atoms with Crippen LogP contribution in [0.5, 0.6) is 0 Å². The second-order valence-corrected chi connectivity index (χ2v) is 6.46. The van der Waals surface area contributed by atoms with Crippen LogP contribution in [0.25, 0.3) is 0 Å². The fourth-order valence-corrected chi connectivity index (χ4v) is 3.65. The average Bonchev–Trinajstić information content (AvgIpc) is 2.94. The Balaban J connectivity index is 1.68. The van der Waals surface area contributed by atoms with Crippen LogP contribution in [0.1, 0.15) is 29.2 Å². The number of hydrogen-bond donors (Lipinski definition) is 1. The highest BCUT2D eigenvalue weighted by atomic mass is 32.2. The molecule has 1 aliphatic carbocycles. The van der Waals surface area contributed by atoms with E-state index in [-0.39, 0.29) is 5.56 Å². The van der Waals surface area contributed by atoms with Gasteiger partial charge >= 0.3 is 0 Å². The molecule has 0 fully saturated rings. The summed E-state index contributed by atoms with van der Waals surface area (Å²) in [5.41, 5.74) is 9.08. The van der Waals surface area contributed by atoms with E-state index in [9.17, 15) is 8.78 Å². The number of thioether (sulfide) groups is 1. The van der Waals surface area contributed by atoms with Gasteiger partial charge in [-0.3, -0.25) is 0 Å². The van der Waals surface area contributed by atoms with Crippen molar-refractivity contribution < 1.29 is 8.78 Å². The first-order chi connectivity index (χ1) is 10.1. The Morgan fingerprint density at radius 3 is 2.71 bits per heavy atom. The summed E-state index contributed by atoms with van der Waals surface area (Å²) in [6.45, 7) is 0. The quantitative estimate of drug-likeness (QED) is 0.855. The van der Waals surface area contributed by atoms with Gasteiger partial charge in [0, 0.05) is 22.3 Å². The zero-order chi connectivity index (χ0) is 14.8. The van der Waals surface area contributed by atoms with E-state index >= 15 is 0 Å². The van der Waals surface area contributed by atoms with Crippen LogP contribution < -0.4 is 5.73 Å². The molecule has 0 saturated carbocycles. The molecule has 0 aromatic heterocycles. The van der Waals surface area contributed by atoms with Gasteiger partial charge in [0.15, 0.2) is 0 Å². The highest BCUT2D eigenvalue weighted by Crippen LogP contribution is 2.30. The molecule has 0 bridgehead atoms. The number of rotatable bonds is 4. The van der Waals surface area contributed by atoms with Crippen molar-refractivity contribution in [3.63, 3.8) is 0 Å². The van der Waals surface area contributed by atoms with Crippen molar-refractivity contribution >= 4 is 11.8 Å². The standard InChI is InChI=1S/C17H17F2NS/c18-13-5-7-16(19)15(9-13)17(20)10-21-14-6-4-11-2-1-3-12(11)8-14/h4-9,17H,1-3,10,20H2. The number of aryl methyl sites for hydroxylation is 2. The van der Waals surface area contributed by atoms with Gasteiger partial charge in [0.2, 0.25) is 0 Å². The predicted molar refractivity (Wildman–Crippen MR) is 82.5 cm³/mol. The lowest BCUT2D eigenvalue weighted by Gasteiger charge is -2.13.